The Morgan fingerprint density at radius 2 is 1.27 bits per heavy atom. The number of carbonyl (C=O) groups is 16. The van der Waals surface area contributed by atoms with E-state index in [1.807, 2.05) is 18.2 Å². The minimum absolute atomic E-state index is 0.0178. The lowest BCUT2D eigenvalue weighted by atomic mass is 9.98. The number of likely N-dealkylation sites (tertiary alicyclic amines) is 1. The first-order valence-electron chi connectivity index (χ1n) is 39.4. The standard InChI is InChI=1S/C77H115N19O20S2/c1-40(2)33-50(87-63(103)46(79)25-27-60(99)100)65(105)88-51(35-42-21-23-44(97)24-22-42)66(106)85-48(26-28-61(101)102)64(104)89-53(37-59(80)98)67(107)86-49(17-10-11-29-78)72(112)96-32-14-20-58(96)74(114)94(7)56(18-12-30-83-76(81)82)69(109)92-55-39-117-118-77(5,6)62(71(111)91-54(75(115)116)34-41(3)4)93-68(108)52(36-43-38-84-47-16-9-8-15-45(43)47)90-70(110)57-19-13-31-95(57)73(55)113/h8-9,15-16,21-24,38,40-41,46,48-58,62,84,97H,10-14,17-20,25-37,39,78-79H2,1-7H3,(H2,80,98)(H,85,106)(H,86,107)(H,87,103)(H,88,105)(H,89,104)(H,90,110)(H,91,111)(H,92,109)(H,93,108)(H,99,100)(H,101,102)(H,115,116)(H4,81,82,83)/t46-,48-,49-,50-,51-,52-,53-,54-,55+,56-,57+,58-,62+/m0/s1. The molecule has 3 aliphatic heterocycles. The normalized spacial score (nSPS) is 19.7. The van der Waals surface area contributed by atoms with Gasteiger partial charge in [-0.25, -0.2) is 4.79 Å². The highest BCUT2D eigenvalue weighted by molar-refractivity contribution is 8.77. The summed E-state index contributed by atoms with van der Waals surface area (Å²) < 4.78 is -1.35. The van der Waals surface area contributed by atoms with Crippen LogP contribution >= 0.6 is 21.6 Å². The molecule has 1 aromatic heterocycles. The molecule has 3 aliphatic rings. The fourth-order valence-corrected chi connectivity index (χ4v) is 16.9. The largest absolute Gasteiger partial charge is 0.508 e. The average molecular weight is 1690 g/mol. The van der Waals surface area contributed by atoms with E-state index in [1.165, 1.54) is 41.1 Å². The number of carboxylic acids is 3. The molecular weight excluding hydrogens is 1580 g/mol. The minimum Gasteiger partial charge on any atom is -0.508 e. The lowest BCUT2D eigenvalue weighted by Crippen LogP contribution is -2.63. The number of primary amides is 1. The maximum absolute atomic E-state index is 15.3. The Morgan fingerprint density at radius 3 is 1.92 bits per heavy atom. The van der Waals surface area contributed by atoms with Crippen molar-refractivity contribution in [2.24, 2.45) is 45.5 Å². The molecule has 4 heterocycles. The maximum Gasteiger partial charge on any atom is 0.326 e. The molecule has 13 atom stereocenters. The van der Waals surface area contributed by atoms with Crippen molar-refractivity contribution in [3.8, 4) is 5.75 Å². The number of aromatic nitrogens is 1. The molecule has 650 valence electrons. The third-order valence-electron chi connectivity index (χ3n) is 20.4. The van der Waals surface area contributed by atoms with Crippen LogP contribution in [0.4, 0.5) is 0 Å². The summed E-state index contributed by atoms with van der Waals surface area (Å²) in [6.07, 6.45) is -0.942. The molecule has 0 unspecified atom stereocenters. The van der Waals surface area contributed by atoms with Gasteiger partial charge in [0.15, 0.2) is 5.96 Å². The number of unbranched alkanes of at least 4 members (excludes halogenated alkanes) is 1. The van der Waals surface area contributed by atoms with E-state index in [0.29, 0.717) is 24.0 Å². The topological polar surface area (TPSA) is 630 Å². The van der Waals surface area contributed by atoms with Gasteiger partial charge in [0.1, 0.15) is 78.3 Å². The number of amides is 13. The first-order chi connectivity index (χ1) is 55.7. The van der Waals surface area contributed by atoms with Crippen LogP contribution in [-0.2, 0) is 89.6 Å². The second-order valence-electron chi connectivity index (χ2n) is 31.2. The van der Waals surface area contributed by atoms with Crippen LogP contribution in [0, 0.1) is 11.8 Å². The Hall–Kier alpha value is -10.8. The van der Waals surface area contributed by atoms with E-state index in [0.717, 1.165) is 37.4 Å². The van der Waals surface area contributed by atoms with Crippen molar-refractivity contribution >= 4 is 133 Å². The van der Waals surface area contributed by atoms with Crippen LogP contribution in [0.2, 0.25) is 0 Å². The molecular formula is C77H115N19O20S2. The van der Waals surface area contributed by atoms with E-state index >= 15 is 19.2 Å². The number of nitrogens with zero attached hydrogens (tertiary/aromatic N) is 4. The van der Waals surface area contributed by atoms with E-state index in [-0.39, 0.29) is 133 Å². The van der Waals surface area contributed by atoms with Gasteiger partial charge in [0, 0.05) is 80.0 Å². The lowest BCUT2D eigenvalue weighted by Gasteiger charge is -2.37. The zero-order chi connectivity index (χ0) is 87.4. The number of guanidine groups is 1. The summed E-state index contributed by atoms with van der Waals surface area (Å²) in [7, 11) is 3.39. The number of aromatic hydroxyl groups is 1. The quantitative estimate of drug-likeness (QED) is 0.0130. The van der Waals surface area contributed by atoms with Gasteiger partial charge in [0.25, 0.3) is 0 Å². The van der Waals surface area contributed by atoms with Gasteiger partial charge >= 0.3 is 17.9 Å². The third-order valence-corrected chi connectivity index (χ3v) is 23.7. The second kappa shape index (κ2) is 45.8. The van der Waals surface area contributed by atoms with Crippen LogP contribution in [0.5, 0.6) is 5.75 Å². The SMILES string of the molecule is CC(C)C[C@H](NC(=O)[C@H]1NC(=O)[C@H](Cc2c[nH]c3ccccc23)NC(=O)[C@H]2CCCN2C(=O)[C@H](NC(=O)[C@H](CCCN=C(N)N)N(C)C(=O)[C@@H]2CCCN2C(=O)[C@H](CCCCN)NC(=O)[C@H](CC(N)=O)NC(=O)[C@H](CCC(=O)O)NC(=O)[C@H](Cc2ccc(O)cc2)NC(=O)[C@H](CC(C)C)NC(=O)[C@@H](N)CCC(=O)O)CSSC1(C)C)C(=O)O. The van der Waals surface area contributed by atoms with Crippen LogP contribution in [0.1, 0.15) is 155 Å². The number of carboxylic acid groups (broad SMARTS) is 3. The van der Waals surface area contributed by atoms with E-state index in [1.54, 1.807) is 53.8 Å². The molecule has 118 heavy (non-hydrogen) atoms. The molecule has 3 saturated heterocycles. The molecule has 24 N–H and O–H groups in total. The predicted molar refractivity (Wildman–Crippen MR) is 436 cm³/mol. The number of carbonyl (C=O) groups excluding carboxylic acids is 13. The molecule has 41 heteroatoms. The second-order valence-corrected chi connectivity index (χ2v) is 34.1. The number of nitrogens with two attached hydrogens (primary N) is 5. The Labute approximate surface area is 691 Å². The highest BCUT2D eigenvalue weighted by atomic mass is 33.1. The number of likely N-dealkylation sites (N-methyl/N-ethyl adjacent to an activating group) is 1. The summed E-state index contributed by atoms with van der Waals surface area (Å²) in [5.74, 6) is -17.2. The van der Waals surface area contributed by atoms with Crippen molar-refractivity contribution in [2.45, 2.75) is 240 Å². The number of nitrogens with one attached hydrogen (secondary N) is 10. The molecule has 3 fully saturated rings. The van der Waals surface area contributed by atoms with Gasteiger partial charge in [-0.3, -0.25) is 76.9 Å². The van der Waals surface area contributed by atoms with Crippen molar-refractivity contribution < 1.29 is 97.1 Å². The molecule has 13 amide bonds. The van der Waals surface area contributed by atoms with Crippen molar-refractivity contribution in [3.05, 3.63) is 65.9 Å². The number of benzene rings is 2. The fraction of sp³-hybridized carbons (Fsp3) is 0.597. The van der Waals surface area contributed by atoms with Crippen molar-refractivity contribution in [3.63, 3.8) is 0 Å². The van der Waals surface area contributed by atoms with Crippen LogP contribution < -0.4 is 76.5 Å². The number of phenolic OH excluding ortho intramolecular Hbond substituents is 1. The van der Waals surface area contributed by atoms with Gasteiger partial charge in [-0.05, 0) is 145 Å². The smallest absolute Gasteiger partial charge is 0.326 e. The number of rotatable bonds is 42. The summed E-state index contributed by atoms with van der Waals surface area (Å²) in [5.41, 5.74) is 30.6. The minimum atomic E-state index is -1.94. The number of para-hydroxylation sites is 1. The number of phenols is 1. The van der Waals surface area contributed by atoms with Gasteiger partial charge in [0.05, 0.1) is 12.5 Å². The number of H-pyrrole nitrogens is 1. The average Bonchev–Trinajstić information content (AvgIpc) is 1.56. The highest BCUT2D eigenvalue weighted by Crippen LogP contribution is 2.40. The van der Waals surface area contributed by atoms with Gasteiger partial charge in [-0.1, -0.05) is 79.6 Å². The zero-order valence-electron chi connectivity index (χ0n) is 67.4. The molecule has 0 radical (unpaired) electrons. The Kier molecular flexibility index (Phi) is 37.3. The number of hydrogen-bond donors (Lipinski definition) is 19. The molecule has 0 aliphatic carbocycles. The van der Waals surface area contributed by atoms with Crippen molar-refractivity contribution in [1.29, 1.82) is 0 Å². The molecule has 3 aromatic rings. The van der Waals surface area contributed by atoms with Crippen molar-refractivity contribution in [2.75, 3.05) is 39.0 Å². The molecule has 0 bridgehead atoms. The molecule has 39 nitrogen and oxygen atoms in total. The number of fused-ring (bicyclic) bond motifs is 2. The number of aliphatic imine (C=N–C) groups is 1. The fourth-order valence-electron chi connectivity index (χ4n) is 14.1. The molecule has 6 rings (SSSR count). The van der Waals surface area contributed by atoms with Crippen LogP contribution in [0.15, 0.2) is 59.7 Å². The summed E-state index contributed by atoms with van der Waals surface area (Å²) >= 11 is 0. The molecule has 0 saturated carbocycles. The highest BCUT2D eigenvalue weighted by Gasteiger charge is 2.47. The van der Waals surface area contributed by atoms with E-state index in [9.17, 15) is 78.0 Å². The zero-order valence-corrected chi connectivity index (χ0v) is 69.1. The van der Waals surface area contributed by atoms with Gasteiger partial charge in [0.2, 0.25) is 76.8 Å². The first-order valence-corrected chi connectivity index (χ1v) is 41.7. The van der Waals surface area contributed by atoms with E-state index in [4.69, 9.17) is 28.7 Å². The van der Waals surface area contributed by atoms with E-state index < -0.39 is 204 Å². The monoisotopic (exact) mass is 1690 g/mol. The van der Waals surface area contributed by atoms with Gasteiger partial charge < -0.3 is 117 Å². The first kappa shape index (κ1) is 96.0. The van der Waals surface area contributed by atoms with Gasteiger partial charge in [-0.15, -0.1) is 0 Å². The van der Waals surface area contributed by atoms with Gasteiger partial charge in [-0.2, -0.15) is 0 Å². The summed E-state index contributed by atoms with van der Waals surface area (Å²) in [4.78, 5) is 236. The summed E-state index contributed by atoms with van der Waals surface area (Å²) in [6, 6.07) is -6.67. The lowest BCUT2D eigenvalue weighted by molar-refractivity contribution is -0.149. The molecule has 2 aromatic carbocycles. The Bertz CT molecular complexity index is 4110. The summed E-state index contributed by atoms with van der Waals surface area (Å²) in [6.45, 7) is 10.3. The number of hydrogen-bond acceptors (Lipinski definition) is 22. The van der Waals surface area contributed by atoms with Crippen molar-refractivity contribution in [1.82, 2.24) is 67.5 Å². The Balaban J connectivity index is 1.28. The van der Waals surface area contributed by atoms with E-state index in [2.05, 4.69) is 57.8 Å². The van der Waals surface area contributed by atoms with Crippen LogP contribution in [0.3, 0.4) is 0 Å². The Morgan fingerprint density at radius 1 is 0.669 bits per heavy atom. The number of aliphatic carboxylic acids is 3. The number of aromatic amines is 1. The maximum atomic E-state index is 15.3. The third kappa shape index (κ3) is 29.1. The predicted octanol–water partition coefficient (Wildman–Crippen LogP) is -1.70. The summed E-state index contributed by atoms with van der Waals surface area (Å²) in [5, 5.41) is 63.7. The van der Waals surface area contributed by atoms with Crippen LogP contribution in [0.25, 0.3) is 10.9 Å². The van der Waals surface area contributed by atoms with Crippen LogP contribution in [-0.4, -0.2) is 263 Å². The molecule has 0 spiro atoms.